The fraction of sp³-hybridized carbons (Fsp3) is 0.300. The van der Waals surface area contributed by atoms with Gasteiger partial charge in [-0.3, -0.25) is 14.3 Å². The molecule has 0 spiro atoms. The van der Waals surface area contributed by atoms with Crippen molar-refractivity contribution in [3.05, 3.63) is 59.2 Å². The molecule has 2 aromatic heterocycles. The zero-order valence-electron chi connectivity index (χ0n) is 16.4. The molecular formula is C20H23N5O2S. The van der Waals surface area contributed by atoms with E-state index in [0.717, 1.165) is 34.2 Å². The van der Waals surface area contributed by atoms with Gasteiger partial charge in [-0.25, -0.2) is 0 Å². The molecule has 0 aliphatic rings. The van der Waals surface area contributed by atoms with Gasteiger partial charge >= 0.3 is 0 Å². The number of ether oxygens (including phenoxy) is 1. The molecule has 7 nitrogen and oxygen atoms in total. The Hall–Kier alpha value is -2.87. The first-order chi connectivity index (χ1) is 13.5. The van der Waals surface area contributed by atoms with Crippen LogP contribution in [0.5, 0.6) is 5.75 Å². The van der Waals surface area contributed by atoms with E-state index < -0.39 is 0 Å². The summed E-state index contributed by atoms with van der Waals surface area (Å²) < 4.78 is 7.13. The Morgan fingerprint density at radius 3 is 2.43 bits per heavy atom. The lowest BCUT2D eigenvalue weighted by molar-refractivity contribution is -0.118. The zero-order chi connectivity index (χ0) is 20.1. The van der Waals surface area contributed by atoms with E-state index in [4.69, 9.17) is 4.74 Å². The molecule has 1 aromatic carbocycles. The number of thioether (sulfide) groups is 1. The number of pyridine rings is 1. The van der Waals surface area contributed by atoms with Crippen LogP contribution in [0.1, 0.15) is 22.8 Å². The van der Waals surface area contributed by atoms with Crippen LogP contribution >= 0.6 is 11.8 Å². The van der Waals surface area contributed by atoms with Crippen molar-refractivity contribution in [1.29, 1.82) is 0 Å². The molecule has 28 heavy (non-hydrogen) atoms. The van der Waals surface area contributed by atoms with Crippen LogP contribution in [0.25, 0.3) is 5.69 Å². The largest absolute Gasteiger partial charge is 0.497 e. The van der Waals surface area contributed by atoms with E-state index in [2.05, 4.69) is 20.5 Å². The van der Waals surface area contributed by atoms with E-state index in [1.54, 1.807) is 7.11 Å². The number of aryl methyl sites for hydroxylation is 3. The number of aromatic nitrogens is 4. The summed E-state index contributed by atoms with van der Waals surface area (Å²) in [6.07, 6.45) is 0. The predicted molar refractivity (Wildman–Crippen MR) is 109 cm³/mol. The number of amides is 1. The van der Waals surface area contributed by atoms with Gasteiger partial charge in [-0.15, -0.1) is 10.2 Å². The van der Waals surface area contributed by atoms with Crippen LogP contribution in [-0.2, 0) is 11.3 Å². The monoisotopic (exact) mass is 397 g/mol. The molecule has 3 rings (SSSR count). The number of carbonyl (C=O) groups is 1. The van der Waals surface area contributed by atoms with Gasteiger partial charge in [0.15, 0.2) is 5.16 Å². The van der Waals surface area contributed by atoms with Gasteiger partial charge in [-0.1, -0.05) is 11.8 Å². The predicted octanol–water partition coefficient (Wildman–Crippen LogP) is 3.00. The normalized spacial score (nSPS) is 10.7. The minimum Gasteiger partial charge on any atom is -0.497 e. The van der Waals surface area contributed by atoms with Crippen molar-refractivity contribution in [3.8, 4) is 11.4 Å². The highest BCUT2D eigenvalue weighted by Gasteiger charge is 2.13. The lowest BCUT2D eigenvalue weighted by Gasteiger charge is -2.10. The van der Waals surface area contributed by atoms with Crippen LogP contribution in [0, 0.1) is 20.8 Å². The Morgan fingerprint density at radius 1 is 1.11 bits per heavy atom. The Bertz CT molecular complexity index is 949. The first-order valence-corrected chi connectivity index (χ1v) is 9.85. The second kappa shape index (κ2) is 8.88. The number of carbonyl (C=O) groups excluding carboxylic acids is 1. The van der Waals surface area contributed by atoms with Crippen molar-refractivity contribution < 1.29 is 9.53 Å². The lowest BCUT2D eigenvalue weighted by atomic mass is 10.2. The van der Waals surface area contributed by atoms with Crippen LogP contribution in [0.3, 0.4) is 0 Å². The maximum absolute atomic E-state index is 12.3. The second-order valence-electron chi connectivity index (χ2n) is 6.39. The summed E-state index contributed by atoms with van der Waals surface area (Å²) in [5, 5.41) is 12.0. The third-order valence-electron chi connectivity index (χ3n) is 4.09. The van der Waals surface area contributed by atoms with Gasteiger partial charge in [0.25, 0.3) is 0 Å². The van der Waals surface area contributed by atoms with Gasteiger partial charge < -0.3 is 10.1 Å². The SMILES string of the molecule is COc1ccc(-n2c(C)nnc2SCC(=O)NCc2cc(C)nc(C)c2)cc1. The highest BCUT2D eigenvalue weighted by atomic mass is 32.2. The van der Waals surface area contributed by atoms with E-state index >= 15 is 0 Å². The van der Waals surface area contributed by atoms with Crippen LogP contribution < -0.4 is 10.1 Å². The molecule has 8 heteroatoms. The first-order valence-electron chi connectivity index (χ1n) is 8.86. The summed E-state index contributed by atoms with van der Waals surface area (Å²) in [5.74, 6) is 1.75. The quantitative estimate of drug-likeness (QED) is 0.617. The topological polar surface area (TPSA) is 81.9 Å². The molecule has 1 N–H and O–H groups in total. The molecule has 0 fully saturated rings. The van der Waals surface area contributed by atoms with E-state index in [1.807, 2.05) is 61.7 Å². The van der Waals surface area contributed by atoms with E-state index in [1.165, 1.54) is 11.8 Å². The van der Waals surface area contributed by atoms with Gasteiger partial charge in [-0.2, -0.15) is 0 Å². The third kappa shape index (κ3) is 4.89. The molecule has 3 aromatic rings. The smallest absolute Gasteiger partial charge is 0.230 e. The fourth-order valence-electron chi connectivity index (χ4n) is 2.87. The van der Waals surface area contributed by atoms with Crippen molar-refractivity contribution in [3.63, 3.8) is 0 Å². The summed E-state index contributed by atoms with van der Waals surface area (Å²) >= 11 is 1.36. The summed E-state index contributed by atoms with van der Waals surface area (Å²) in [6.45, 7) is 6.26. The number of nitrogens with one attached hydrogen (secondary N) is 1. The molecular weight excluding hydrogens is 374 g/mol. The lowest BCUT2D eigenvalue weighted by Crippen LogP contribution is -2.24. The molecule has 0 radical (unpaired) electrons. The average Bonchev–Trinajstić information content (AvgIpc) is 3.04. The zero-order valence-corrected chi connectivity index (χ0v) is 17.2. The van der Waals surface area contributed by atoms with Gasteiger partial charge in [0.2, 0.25) is 5.91 Å². The van der Waals surface area contributed by atoms with Crippen molar-refractivity contribution in [2.45, 2.75) is 32.5 Å². The number of benzene rings is 1. The molecule has 146 valence electrons. The Balaban J connectivity index is 1.62. The molecule has 0 aliphatic heterocycles. The highest BCUT2D eigenvalue weighted by molar-refractivity contribution is 7.99. The molecule has 0 aliphatic carbocycles. The summed E-state index contributed by atoms with van der Waals surface area (Å²) in [4.78, 5) is 16.6. The molecule has 0 unspecified atom stereocenters. The Morgan fingerprint density at radius 2 is 1.79 bits per heavy atom. The van der Waals surface area contributed by atoms with Crippen LogP contribution in [0.4, 0.5) is 0 Å². The fourth-order valence-corrected chi connectivity index (χ4v) is 3.70. The van der Waals surface area contributed by atoms with Gasteiger partial charge in [0.05, 0.1) is 12.9 Å². The highest BCUT2D eigenvalue weighted by Crippen LogP contribution is 2.23. The Kier molecular flexibility index (Phi) is 6.30. The van der Waals surface area contributed by atoms with Crippen LogP contribution in [-0.4, -0.2) is 38.5 Å². The van der Waals surface area contributed by atoms with Gasteiger partial charge in [0, 0.05) is 23.6 Å². The van der Waals surface area contributed by atoms with Crippen LogP contribution in [0.2, 0.25) is 0 Å². The summed E-state index contributed by atoms with van der Waals surface area (Å²) in [6, 6.07) is 11.6. The first kappa shape index (κ1) is 19.9. The molecule has 1 amide bonds. The number of hydrogen-bond donors (Lipinski definition) is 1. The number of nitrogens with zero attached hydrogens (tertiary/aromatic N) is 4. The number of hydrogen-bond acceptors (Lipinski definition) is 6. The molecule has 0 saturated carbocycles. The minimum absolute atomic E-state index is 0.0564. The van der Waals surface area contributed by atoms with Crippen molar-refractivity contribution in [2.75, 3.05) is 12.9 Å². The second-order valence-corrected chi connectivity index (χ2v) is 7.33. The number of methoxy groups -OCH3 is 1. The third-order valence-corrected chi connectivity index (χ3v) is 5.02. The van der Waals surface area contributed by atoms with Crippen molar-refractivity contribution >= 4 is 17.7 Å². The van der Waals surface area contributed by atoms with E-state index in [-0.39, 0.29) is 11.7 Å². The van der Waals surface area contributed by atoms with Gasteiger partial charge in [0.1, 0.15) is 11.6 Å². The van der Waals surface area contributed by atoms with Gasteiger partial charge in [-0.05, 0) is 62.7 Å². The maximum atomic E-state index is 12.3. The summed E-state index contributed by atoms with van der Waals surface area (Å²) in [5.41, 5.74) is 3.86. The van der Waals surface area contributed by atoms with Crippen molar-refractivity contribution in [1.82, 2.24) is 25.1 Å². The minimum atomic E-state index is -0.0564. The van der Waals surface area contributed by atoms with Crippen LogP contribution in [0.15, 0.2) is 41.6 Å². The molecule has 0 bridgehead atoms. The average molecular weight is 398 g/mol. The van der Waals surface area contributed by atoms with Crippen molar-refractivity contribution in [2.24, 2.45) is 0 Å². The molecule has 0 saturated heterocycles. The maximum Gasteiger partial charge on any atom is 0.230 e. The molecule has 0 atom stereocenters. The van der Waals surface area contributed by atoms with E-state index in [0.29, 0.717) is 11.7 Å². The summed E-state index contributed by atoms with van der Waals surface area (Å²) in [7, 11) is 1.63. The Labute approximate surface area is 168 Å². The number of rotatable bonds is 7. The standard InChI is InChI=1S/C20H23N5O2S/c1-13-9-16(10-14(2)22-13)11-21-19(26)12-28-20-24-23-15(3)25(20)17-5-7-18(27-4)8-6-17/h5-10H,11-12H2,1-4H3,(H,21,26). The molecule has 2 heterocycles. The van der Waals surface area contributed by atoms with E-state index in [9.17, 15) is 4.79 Å².